The molecule has 1 aromatic carbocycles. The van der Waals surface area contributed by atoms with E-state index in [2.05, 4.69) is 31.2 Å². The van der Waals surface area contributed by atoms with Crippen LogP contribution in [0.15, 0.2) is 24.3 Å². The zero-order valence-corrected chi connectivity index (χ0v) is 13.5. The molecule has 0 saturated heterocycles. The summed E-state index contributed by atoms with van der Waals surface area (Å²) in [6.45, 7) is 6.18. The summed E-state index contributed by atoms with van der Waals surface area (Å²) in [6, 6.07) is 9.08. The van der Waals surface area contributed by atoms with Crippen molar-refractivity contribution in [3.63, 3.8) is 0 Å². The summed E-state index contributed by atoms with van der Waals surface area (Å²) in [7, 11) is 0. The molecular formula is C19H31F. The van der Waals surface area contributed by atoms with Crippen LogP contribution in [0, 0.1) is 5.92 Å². The predicted molar refractivity (Wildman–Crippen MR) is 87.1 cm³/mol. The molecule has 1 saturated carbocycles. The molecule has 1 aromatic rings. The Morgan fingerprint density at radius 2 is 1.55 bits per heavy atom. The maximum atomic E-state index is 12.0. The molecule has 1 heteroatoms. The van der Waals surface area contributed by atoms with Gasteiger partial charge in [0.1, 0.15) is 0 Å². The third-order valence-electron chi connectivity index (χ3n) is 4.32. The van der Waals surface area contributed by atoms with Gasteiger partial charge in [-0.25, -0.2) is 0 Å². The van der Waals surface area contributed by atoms with E-state index in [1.54, 1.807) is 0 Å². The summed E-state index contributed by atoms with van der Waals surface area (Å²) in [5.41, 5.74) is 2.87. The maximum Gasteiger partial charge on any atom is 0.0894 e. The summed E-state index contributed by atoms with van der Waals surface area (Å²) >= 11 is 0. The number of hydrogen-bond donors (Lipinski definition) is 0. The summed E-state index contributed by atoms with van der Waals surface area (Å²) in [4.78, 5) is 0. The van der Waals surface area contributed by atoms with Crippen LogP contribution in [0.25, 0.3) is 0 Å². The molecule has 0 unspecified atom stereocenters. The van der Waals surface area contributed by atoms with E-state index in [9.17, 15) is 4.39 Å². The van der Waals surface area contributed by atoms with Gasteiger partial charge in [0.25, 0.3) is 0 Å². The second-order valence-electron chi connectivity index (χ2n) is 5.84. The van der Waals surface area contributed by atoms with Gasteiger partial charge in [-0.1, -0.05) is 57.9 Å². The van der Waals surface area contributed by atoms with E-state index in [1.165, 1.54) is 36.8 Å². The van der Waals surface area contributed by atoms with Gasteiger partial charge in [0.05, 0.1) is 6.67 Å². The number of unbranched alkanes of at least 4 members (excludes halogenated alkanes) is 1. The van der Waals surface area contributed by atoms with Crippen molar-refractivity contribution >= 4 is 0 Å². The van der Waals surface area contributed by atoms with Gasteiger partial charge < -0.3 is 0 Å². The molecule has 0 spiro atoms. The molecule has 1 fully saturated rings. The van der Waals surface area contributed by atoms with Crippen LogP contribution in [0.5, 0.6) is 0 Å². The molecule has 114 valence electrons. The molecule has 1 aliphatic carbocycles. The van der Waals surface area contributed by atoms with E-state index in [0.717, 1.165) is 24.7 Å². The molecule has 1 aliphatic rings. The van der Waals surface area contributed by atoms with E-state index in [4.69, 9.17) is 0 Å². The van der Waals surface area contributed by atoms with E-state index in [-0.39, 0.29) is 6.67 Å². The normalized spacial score (nSPS) is 22.0. The fourth-order valence-corrected chi connectivity index (χ4v) is 2.97. The number of halogens is 1. The monoisotopic (exact) mass is 278 g/mol. The zero-order valence-electron chi connectivity index (χ0n) is 13.5. The molecule has 0 amide bonds. The molecule has 0 aliphatic heterocycles. The van der Waals surface area contributed by atoms with Crippen molar-refractivity contribution in [2.45, 2.75) is 71.6 Å². The third-order valence-corrected chi connectivity index (χ3v) is 4.32. The van der Waals surface area contributed by atoms with Crippen LogP contribution < -0.4 is 0 Å². The van der Waals surface area contributed by atoms with Crippen LogP contribution in [0.2, 0.25) is 0 Å². The summed E-state index contributed by atoms with van der Waals surface area (Å²) in [5, 5.41) is 0. The first-order valence-electron chi connectivity index (χ1n) is 8.44. The molecular weight excluding hydrogens is 247 g/mol. The molecule has 0 N–H and O–H groups in total. The van der Waals surface area contributed by atoms with Crippen LogP contribution in [-0.2, 0) is 6.42 Å². The first-order chi connectivity index (χ1) is 9.79. The standard InChI is InChI=1S/C17H25F.C2H6/c1-14-5-9-16(10-6-14)17-11-7-15(8-12-17)4-2-3-13-18;1-2/h7-8,11-12,14,16H,2-6,9-10,13H2,1H3;1-2H3. The van der Waals surface area contributed by atoms with Gasteiger partial charge in [-0.05, 0) is 55.1 Å². The summed E-state index contributed by atoms with van der Waals surface area (Å²) in [5.74, 6) is 1.70. The second kappa shape index (κ2) is 9.96. The highest BCUT2D eigenvalue weighted by Crippen LogP contribution is 2.35. The van der Waals surface area contributed by atoms with Crippen LogP contribution in [-0.4, -0.2) is 6.67 Å². The van der Waals surface area contributed by atoms with E-state index < -0.39 is 0 Å². The molecule has 2 rings (SSSR count). The minimum absolute atomic E-state index is 0.182. The van der Waals surface area contributed by atoms with Crippen molar-refractivity contribution in [1.82, 2.24) is 0 Å². The summed E-state index contributed by atoms with van der Waals surface area (Å²) in [6.07, 6.45) is 8.14. The Hall–Kier alpha value is -0.850. The van der Waals surface area contributed by atoms with E-state index in [1.807, 2.05) is 13.8 Å². The smallest absolute Gasteiger partial charge is 0.0894 e. The quantitative estimate of drug-likeness (QED) is 0.554. The largest absolute Gasteiger partial charge is 0.251 e. The van der Waals surface area contributed by atoms with Gasteiger partial charge in [0.2, 0.25) is 0 Å². The average Bonchev–Trinajstić information content (AvgIpc) is 2.51. The van der Waals surface area contributed by atoms with Crippen LogP contribution in [0.3, 0.4) is 0 Å². The van der Waals surface area contributed by atoms with Crippen molar-refractivity contribution in [3.8, 4) is 0 Å². The minimum atomic E-state index is -0.182. The zero-order chi connectivity index (χ0) is 14.8. The number of benzene rings is 1. The molecule has 0 heterocycles. The van der Waals surface area contributed by atoms with Crippen LogP contribution in [0.4, 0.5) is 4.39 Å². The average molecular weight is 278 g/mol. The lowest BCUT2D eigenvalue weighted by atomic mass is 9.79. The van der Waals surface area contributed by atoms with Crippen molar-refractivity contribution in [2.24, 2.45) is 5.92 Å². The fourth-order valence-electron chi connectivity index (χ4n) is 2.97. The molecule has 0 nitrogen and oxygen atoms in total. The number of hydrogen-bond acceptors (Lipinski definition) is 0. The highest BCUT2D eigenvalue weighted by Gasteiger charge is 2.19. The number of rotatable bonds is 5. The van der Waals surface area contributed by atoms with E-state index in [0.29, 0.717) is 6.42 Å². The van der Waals surface area contributed by atoms with Gasteiger partial charge in [-0.15, -0.1) is 0 Å². The Morgan fingerprint density at radius 1 is 0.950 bits per heavy atom. The molecule has 0 atom stereocenters. The molecule has 0 bridgehead atoms. The van der Waals surface area contributed by atoms with Crippen molar-refractivity contribution in [1.29, 1.82) is 0 Å². The second-order valence-corrected chi connectivity index (χ2v) is 5.84. The molecule has 20 heavy (non-hydrogen) atoms. The Balaban J connectivity index is 0.000000956. The van der Waals surface area contributed by atoms with Gasteiger partial charge in [-0.3, -0.25) is 4.39 Å². The predicted octanol–water partition coefficient (Wildman–Crippen LogP) is 6.30. The van der Waals surface area contributed by atoms with Crippen molar-refractivity contribution in [2.75, 3.05) is 6.67 Å². The van der Waals surface area contributed by atoms with Crippen molar-refractivity contribution < 1.29 is 4.39 Å². The topological polar surface area (TPSA) is 0 Å². The van der Waals surface area contributed by atoms with Gasteiger partial charge in [-0.2, -0.15) is 0 Å². The maximum absolute atomic E-state index is 12.0. The third kappa shape index (κ3) is 5.64. The van der Waals surface area contributed by atoms with Crippen LogP contribution in [0.1, 0.15) is 76.3 Å². The Bertz CT molecular complexity index is 333. The van der Waals surface area contributed by atoms with Crippen LogP contribution >= 0.6 is 0 Å². The highest BCUT2D eigenvalue weighted by atomic mass is 19.1. The minimum Gasteiger partial charge on any atom is -0.251 e. The number of alkyl halides is 1. The summed E-state index contributed by atoms with van der Waals surface area (Å²) < 4.78 is 12.0. The molecule has 0 radical (unpaired) electrons. The first-order valence-corrected chi connectivity index (χ1v) is 8.44. The van der Waals surface area contributed by atoms with Gasteiger partial charge in [0.15, 0.2) is 0 Å². The van der Waals surface area contributed by atoms with Gasteiger partial charge >= 0.3 is 0 Å². The highest BCUT2D eigenvalue weighted by molar-refractivity contribution is 5.25. The Kier molecular flexibility index (Phi) is 8.57. The Morgan fingerprint density at radius 3 is 2.10 bits per heavy atom. The Labute approximate surface area is 124 Å². The van der Waals surface area contributed by atoms with Crippen molar-refractivity contribution in [3.05, 3.63) is 35.4 Å². The number of aryl methyl sites for hydroxylation is 1. The van der Waals surface area contributed by atoms with E-state index >= 15 is 0 Å². The fraction of sp³-hybridized carbons (Fsp3) is 0.684. The SMILES string of the molecule is CC.CC1CCC(c2ccc(CCCCF)cc2)CC1. The lowest BCUT2D eigenvalue weighted by molar-refractivity contribution is 0.348. The molecule has 0 aromatic heterocycles. The lowest BCUT2D eigenvalue weighted by Gasteiger charge is -2.26. The first kappa shape index (κ1) is 17.2. The van der Waals surface area contributed by atoms with Gasteiger partial charge in [0, 0.05) is 0 Å². The lowest BCUT2D eigenvalue weighted by Crippen LogP contribution is -2.10.